The molecule has 3 heteroatoms. The third kappa shape index (κ3) is 5.41. The van der Waals surface area contributed by atoms with E-state index in [0.29, 0.717) is 0 Å². The molecule has 18 heavy (non-hydrogen) atoms. The molecule has 0 saturated heterocycles. The van der Waals surface area contributed by atoms with E-state index in [1.54, 1.807) is 0 Å². The molecule has 1 rings (SSSR count). The normalized spacial score (nSPS) is 10.8. The Morgan fingerprint density at radius 3 is 2.33 bits per heavy atom. The van der Waals surface area contributed by atoms with Crippen LogP contribution in [0.3, 0.4) is 0 Å². The molecule has 0 spiro atoms. The Balaban J connectivity index is 2.23. The first kappa shape index (κ1) is 14.8. The van der Waals surface area contributed by atoms with E-state index in [9.17, 15) is 0 Å². The first-order valence-corrected chi connectivity index (χ1v) is 6.97. The van der Waals surface area contributed by atoms with Crippen molar-refractivity contribution in [2.45, 2.75) is 33.1 Å². The molecule has 1 aromatic carbocycles. The highest BCUT2D eigenvalue weighted by molar-refractivity contribution is 5.51. The van der Waals surface area contributed by atoms with Crippen molar-refractivity contribution in [2.24, 2.45) is 0 Å². The molecule has 0 amide bonds. The molecule has 0 radical (unpaired) electrons. The Labute approximate surface area is 111 Å². The molecule has 0 aliphatic heterocycles. The number of hydrogen-bond acceptors (Lipinski definition) is 3. The SMILES string of the molecule is CCCN(CCC)CCCOc1ccccc1N. The Kier molecular flexibility index (Phi) is 7.26. The zero-order chi connectivity index (χ0) is 13.2. The third-order valence-electron chi connectivity index (χ3n) is 2.87. The van der Waals surface area contributed by atoms with Crippen LogP contribution in [0.2, 0.25) is 0 Å². The topological polar surface area (TPSA) is 38.5 Å². The minimum absolute atomic E-state index is 0.719. The minimum Gasteiger partial charge on any atom is -0.491 e. The molecule has 0 fully saturated rings. The summed E-state index contributed by atoms with van der Waals surface area (Å²) >= 11 is 0. The molecular weight excluding hydrogens is 224 g/mol. The average Bonchev–Trinajstić information content (AvgIpc) is 2.37. The first-order chi connectivity index (χ1) is 8.77. The number of rotatable bonds is 9. The second kappa shape index (κ2) is 8.81. The van der Waals surface area contributed by atoms with Gasteiger partial charge in [0.05, 0.1) is 12.3 Å². The Hall–Kier alpha value is -1.22. The molecule has 0 unspecified atom stereocenters. The fourth-order valence-electron chi connectivity index (χ4n) is 2.05. The summed E-state index contributed by atoms with van der Waals surface area (Å²) in [6.07, 6.45) is 3.48. The Bertz CT molecular complexity index is 322. The fraction of sp³-hybridized carbons (Fsp3) is 0.600. The van der Waals surface area contributed by atoms with Gasteiger partial charge in [-0.3, -0.25) is 0 Å². The zero-order valence-electron chi connectivity index (χ0n) is 11.7. The summed E-state index contributed by atoms with van der Waals surface area (Å²) < 4.78 is 5.69. The van der Waals surface area contributed by atoms with Gasteiger partial charge in [-0.1, -0.05) is 26.0 Å². The van der Waals surface area contributed by atoms with Crippen molar-refractivity contribution in [3.63, 3.8) is 0 Å². The van der Waals surface area contributed by atoms with Crippen LogP contribution in [0.5, 0.6) is 5.75 Å². The van der Waals surface area contributed by atoms with Crippen molar-refractivity contribution >= 4 is 5.69 Å². The van der Waals surface area contributed by atoms with Gasteiger partial charge in [-0.25, -0.2) is 0 Å². The fourth-order valence-corrected chi connectivity index (χ4v) is 2.05. The smallest absolute Gasteiger partial charge is 0.142 e. The summed E-state index contributed by atoms with van der Waals surface area (Å²) in [5.41, 5.74) is 6.54. The molecule has 0 atom stereocenters. The van der Waals surface area contributed by atoms with Crippen LogP contribution >= 0.6 is 0 Å². The number of nitrogen functional groups attached to an aromatic ring is 1. The highest BCUT2D eigenvalue weighted by Gasteiger charge is 2.03. The molecule has 0 aliphatic rings. The van der Waals surface area contributed by atoms with Gasteiger partial charge in [0.25, 0.3) is 0 Å². The van der Waals surface area contributed by atoms with Crippen LogP contribution in [-0.4, -0.2) is 31.1 Å². The van der Waals surface area contributed by atoms with Gasteiger partial charge in [0.1, 0.15) is 5.75 Å². The van der Waals surface area contributed by atoms with Crippen LogP contribution < -0.4 is 10.5 Å². The van der Waals surface area contributed by atoms with Crippen LogP contribution in [0.1, 0.15) is 33.1 Å². The molecule has 0 saturated carbocycles. The number of para-hydroxylation sites is 2. The van der Waals surface area contributed by atoms with E-state index in [2.05, 4.69) is 18.7 Å². The Morgan fingerprint density at radius 1 is 1.06 bits per heavy atom. The number of ether oxygens (including phenoxy) is 1. The highest BCUT2D eigenvalue weighted by atomic mass is 16.5. The second-order valence-corrected chi connectivity index (χ2v) is 4.58. The number of anilines is 1. The van der Waals surface area contributed by atoms with Gasteiger partial charge in [0.2, 0.25) is 0 Å². The molecule has 102 valence electrons. The van der Waals surface area contributed by atoms with E-state index in [4.69, 9.17) is 10.5 Å². The predicted octanol–water partition coefficient (Wildman–Crippen LogP) is 3.16. The maximum absolute atomic E-state index is 5.82. The number of nitrogens with two attached hydrogens (primary N) is 1. The van der Waals surface area contributed by atoms with Gasteiger partial charge in [-0.15, -0.1) is 0 Å². The lowest BCUT2D eigenvalue weighted by atomic mass is 10.3. The van der Waals surface area contributed by atoms with Crippen molar-refractivity contribution in [3.05, 3.63) is 24.3 Å². The van der Waals surface area contributed by atoms with Crippen molar-refractivity contribution in [2.75, 3.05) is 32.0 Å². The maximum atomic E-state index is 5.82. The number of hydrogen-bond donors (Lipinski definition) is 1. The summed E-state index contributed by atoms with van der Waals surface area (Å²) in [5.74, 6) is 0.801. The van der Waals surface area contributed by atoms with Crippen molar-refractivity contribution in [3.8, 4) is 5.75 Å². The van der Waals surface area contributed by atoms with E-state index in [1.807, 2.05) is 24.3 Å². The van der Waals surface area contributed by atoms with E-state index in [1.165, 1.54) is 25.9 Å². The van der Waals surface area contributed by atoms with E-state index < -0.39 is 0 Å². The third-order valence-corrected chi connectivity index (χ3v) is 2.87. The molecular formula is C15H26N2O. The predicted molar refractivity (Wildman–Crippen MR) is 78.0 cm³/mol. The van der Waals surface area contributed by atoms with Gasteiger partial charge >= 0.3 is 0 Å². The van der Waals surface area contributed by atoms with Crippen LogP contribution in [0.25, 0.3) is 0 Å². The van der Waals surface area contributed by atoms with Crippen LogP contribution in [0, 0.1) is 0 Å². The molecule has 0 aromatic heterocycles. The van der Waals surface area contributed by atoms with Crippen molar-refractivity contribution in [1.82, 2.24) is 4.90 Å². The highest BCUT2D eigenvalue weighted by Crippen LogP contribution is 2.19. The van der Waals surface area contributed by atoms with Gasteiger partial charge in [0.15, 0.2) is 0 Å². The van der Waals surface area contributed by atoms with E-state index >= 15 is 0 Å². The van der Waals surface area contributed by atoms with Crippen molar-refractivity contribution < 1.29 is 4.74 Å². The summed E-state index contributed by atoms with van der Waals surface area (Å²) in [7, 11) is 0. The van der Waals surface area contributed by atoms with Gasteiger partial charge in [-0.2, -0.15) is 0 Å². The van der Waals surface area contributed by atoms with Crippen LogP contribution in [-0.2, 0) is 0 Å². The van der Waals surface area contributed by atoms with E-state index in [0.717, 1.165) is 31.0 Å². The molecule has 2 N–H and O–H groups in total. The summed E-state index contributed by atoms with van der Waals surface area (Å²) in [4.78, 5) is 2.50. The molecule has 1 aromatic rings. The zero-order valence-corrected chi connectivity index (χ0v) is 11.7. The summed E-state index contributed by atoms with van der Waals surface area (Å²) in [6.45, 7) is 8.66. The minimum atomic E-state index is 0.719. The Morgan fingerprint density at radius 2 is 1.72 bits per heavy atom. The summed E-state index contributed by atoms with van der Waals surface area (Å²) in [6, 6.07) is 7.67. The quantitative estimate of drug-likeness (QED) is 0.540. The maximum Gasteiger partial charge on any atom is 0.142 e. The van der Waals surface area contributed by atoms with Crippen molar-refractivity contribution in [1.29, 1.82) is 0 Å². The van der Waals surface area contributed by atoms with Crippen LogP contribution in [0.4, 0.5) is 5.69 Å². The van der Waals surface area contributed by atoms with Gasteiger partial charge in [-0.05, 0) is 44.5 Å². The monoisotopic (exact) mass is 250 g/mol. The average molecular weight is 250 g/mol. The summed E-state index contributed by atoms with van der Waals surface area (Å²) in [5, 5.41) is 0. The largest absolute Gasteiger partial charge is 0.491 e. The second-order valence-electron chi connectivity index (χ2n) is 4.58. The van der Waals surface area contributed by atoms with Crippen LogP contribution in [0.15, 0.2) is 24.3 Å². The number of benzene rings is 1. The first-order valence-electron chi connectivity index (χ1n) is 6.97. The number of nitrogens with zero attached hydrogens (tertiary/aromatic N) is 1. The van der Waals surface area contributed by atoms with E-state index in [-0.39, 0.29) is 0 Å². The molecule has 3 nitrogen and oxygen atoms in total. The lowest BCUT2D eigenvalue weighted by Crippen LogP contribution is -2.27. The molecule has 0 heterocycles. The molecule has 0 bridgehead atoms. The van der Waals surface area contributed by atoms with Gasteiger partial charge in [0, 0.05) is 6.54 Å². The standard InChI is InChI=1S/C15H26N2O/c1-3-10-17(11-4-2)12-7-13-18-15-9-6-5-8-14(15)16/h5-6,8-9H,3-4,7,10-13,16H2,1-2H3. The molecule has 0 aliphatic carbocycles. The lowest BCUT2D eigenvalue weighted by Gasteiger charge is -2.20. The van der Waals surface area contributed by atoms with Gasteiger partial charge < -0.3 is 15.4 Å². The lowest BCUT2D eigenvalue weighted by molar-refractivity contribution is 0.235.